The number of benzene rings is 1. The van der Waals surface area contributed by atoms with Gasteiger partial charge in [-0.25, -0.2) is 14.4 Å². The van der Waals surface area contributed by atoms with Crippen molar-refractivity contribution in [2.24, 2.45) is 7.05 Å². The first kappa shape index (κ1) is 21.2. The highest BCUT2D eigenvalue weighted by molar-refractivity contribution is 6.03. The summed E-state index contributed by atoms with van der Waals surface area (Å²) in [6, 6.07) is 8.40. The van der Waals surface area contributed by atoms with E-state index in [1.54, 1.807) is 12.4 Å². The van der Waals surface area contributed by atoms with Crippen molar-refractivity contribution in [2.45, 2.75) is 45.1 Å². The van der Waals surface area contributed by atoms with Crippen molar-refractivity contribution in [3.8, 4) is 11.1 Å². The van der Waals surface area contributed by atoms with Crippen LogP contribution in [0.2, 0.25) is 0 Å². The SMILES string of the molecule is Cc1cc(-c2cc(F)cc(CNC(=O)c3nccc4nc(C5CCCC5)n(C)c34)c2)cnn1. The van der Waals surface area contributed by atoms with E-state index in [9.17, 15) is 9.18 Å². The smallest absolute Gasteiger partial charge is 0.272 e. The lowest BCUT2D eigenvalue weighted by Crippen LogP contribution is -2.24. The maximum atomic E-state index is 14.3. The van der Waals surface area contributed by atoms with E-state index in [-0.39, 0.29) is 18.3 Å². The number of pyridine rings is 1. The molecule has 168 valence electrons. The molecular formula is C25H25FN6O. The Bertz CT molecular complexity index is 1340. The minimum absolute atomic E-state index is 0.173. The van der Waals surface area contributed by atoms with Gasteiger partial charge < -0.3 is 9.88 Å². The molecule has 0 aliphatic heterocycles. The average molecular weight is 445 g/mol. The highest BCUT2D eigenvalue weighted by atomic mass is 19.1. The van der Waals surface area contributed by atoms with Gasteiger partial charge in [0, 0.05) is 31.3 Å². The first-order chi connectivity index (χ1) is 16.0. The second kappa shape index (κ2) is 8.69. The number of hydrogen-bond acceptors (Lipinski definition) is 5. The third-order valence-electron chi connectivity index (χ3n) is 6.27. The van der Waals surface area contributed by atoms with Crippen LogP contribution in [0.1, 0.15) is 59.2 Å². The molecule has 1 fully saturated rings. The molecule has 0 bridgehead atoms. The summed E-state index contributed by atoms with van der Waals surface area (Å²) in [6.07, 6.45) is 7.89. The topological polar surface area (TPSA) is 85.6 Å². The molecule has 1 aliphatic rings. The molecule has 0 saturated heterocycles. The molecule has 4 aromatic rings. The Morgan fingerprint density at radius 1 is 1.18 bits per heavy atom. The van der Waals surface area contributed by atoms with Gasteiger partial charge in [0.1, 0.15) is 11.6 Å². The first-order valence-corrected chi connectivity index (χ1v) is 11.2. The molecule has 3 heterocycles. The average Bonchev–Trinajstić information content (AvgIpc) is 3.45. The lowest BCUT2D eigenvalue weighted by Gasteiger charge is -2.11. The number of nitrogens with zero attached hydrogens (tertiary/aromatic N) is 5. The Labute approximate surface area is 191 Å². The molecule has 0 spiro atoms. The molecule has 0 atom stereocenters. The molecule has 1 aromatic carbocycles. The van der Waals surface area contributed by atoms with E-state index in [1.807, 2.05) is 36.7 Å². The summed E-state index contributed by atoms with van der Waals surface area (Å²) in [5.74, 6) is 0.754. The number of rotatable bonds is 5. The van der Waals surface area contributed by atoms with Gasteiger partial charge >= 0.3 is 0 Å². The first-order valence-electron chi connectivity index (χ1n) is 11.2. The van der Waals surface area contributed by atoms with Crippen LogP contribution >= 0.6 is 0 Å². The highest BCUT2D eigenvalue weighted by Crippen LogP contribution is 2.35. The molecule has 5 rings (SSSR count). The number of hydrogen-bond donors (Lipinski definition) is 1. The second-order valence-corrected chi connectivity index (χ2v) is 8.65. The summed E-state index contributed by atoms with van der Waals surface area (Å²) < 4.78 is 16.3. The molecule has 0 unspecified atom stereocenters. The van der Waals surface area contributed by atoms with E-state index in [1.165, 1.54) is 25.0 Å². The zero-order valence-corrected chi connectivity index (χ0v) is 18.7. The van der Waals surface area contributed by atoms with Gasteiger partial charge in [0.2, 0.25) is 0 Å². The molecule has 0 radical (unpaired) electrons. The van der Waals surface area contributed by atoms with Crippen molar-refractivity contribution in [1.29, 1.82) is 0 Å². The van der Waals surface area contributed by atoms with E-state index in [2.05, 4.69) is 20.5 Å². The van der Waals surface area contributed by atoms with Crippen molar-refractivity contribution in [2.75, 3.05) is 0 Å². The van der Waals surface area contributed by atoms with Crippen LogP contribution in [0.4, 0.5) is 4.39 Å². The molecule has 7 nitrogen and oxygen atoms in total. The Morgan fingerprint density at radius 3 is 2.79 bits per heavy atom. The van der Waals surface area contributed by atoms with Crippen molar-refractivity contribution in [3.05, 3.63) is 71.3 Å². The van der Waals surface area contributed by atoms with Crippen LogP contribution in [0, 0.1) is 12.7 Å². The Morgan fingerprint density at radius 2 is 2.00 bits per heavy atom. The largest absolute Gasteiger partial charge is 0.347 e. The van der Waals surface area contributed by atoms with Gasteiger partial charge in [0.25, 0.3) is 5.91 Å². The number of imidazole rings is 1. The van der Waals surface area contributed by atoms with Gasteiger partial charge in [0.05, 0.1) is 22.9 Å². The number of fused-ring (bicyclic) bond motifs is 1. The van der Waals surface area contributed by atoms with E-state index >= 15 is 0 Å². The maximum absolute atomic E-state index is 14.3. The minimum Gasteiger partial charge on any atom is -0.347 e. The lowest BCUT2D eigenvalue weighted by molar-refractivity contribution is 0.0947. The van der Waals surface area contributed by atoms with E-state index in [4.69, 9.17) is 4.98 Å². The number of amides is 1. The molecule has 1 N–H and O–H groups in total. The zero-order valence-electron chi connectivity index (χ0n) is 18.7. The fourth-order valence-corrected chi connectivity index (χ4v) is 4.71. The number of carbonyl (C=O) groups excluding carboxylic acids is 1. The van der Waals surface area contributed by atoms with Crippen LogP contribution in [-0.4, -0.2) is 30.6 Å². The van der Waals surface area contributed by atoms with E-state index < -0.39 is 0 Å². The summed E-state index contributed by atoms with van der Waals surface area (Å²) in [6.45, 7) is 2.01. The van der Waals surface area contributed by atoms with Crippen LogP contribution in [0.5, 0.6) is 0 Å². The van der Waals surface area contributed by atoms with Crippen molar-refractivity contribution >= 4 is 16.9 Å². The fourth-order valence-electron chi connectivity index (χ4n) is 4.71. The number of nitrogens with one attached hydrogen (secondary N) is 1. The Kier molecular flexibility index (Phi) is 5.58. The van der Waals surface area contributed by atoms with Gasteiger partial charge in [-0.15, -0.1) is 0 Å². The maximum Gasteiger partial charge on any atom is 0.272 e. The summed E-state index contributed by atoms with van der Waals surface area (Å²) >= 11 is 0. The van der Waals surface area contributed by atoms with Crippen LogP contribution in [0.3, 0.4) is 0 Å². The van der Waals surface area contributed by atoms with Crippen LogP contribution in [0.25, 0.3) is 22.2 Å². The van der Waals surface area contributed by atoms with Gasteiger partial charge in [-0.1, -0.05) is 12.8 Å². The number of carbonyl (C=O) groups is 1. The highest BCUT2D eigenvalue weighted by Gasteiger charge is 2.25. The van der Waals surface area contributed by atoms with Crippen molar-refractivity contribution in [3.63, 3.8) is 0 Å². The third kappa shape index (κ3) is 4.20. The standard InChI is InChI=1S/C25H25FN6O/c1-15-9-19(14-29-31-15)18-10-16(11-20(26)12-18)13-28-25(33)22-23-21(7-8-27-22)30-24(32(23)2)17-5-3-4-6-17/h7-12,14,17H,3-6,13H2,1-2H3,(H,28,33). The fraction of sp³-hybridized carbons (Fsp3) is 0.320. The quantitative estimate of drug-likeness (QED) is 0.491. The Hall–Kier alpha value is -3.68. The Balaban J connectivity index is 1.39. The summed E-state index contributed by atoms with van der Waals surface area (Å²) in [5, 5.41) is 10.8. The molecule has 33 heavy (non-hydrogen) atoms. The van der Waals surface area contributed by atoms with Crippen LogP contribution < -0.4 is 5.32 Å². The van der Waals surface area contributed by atoms with Gasteiger partial charge in [0.15, 0.2) is 5.69 Å². The normalized spacial score (nSPS) is 14.2. The summed E-state index contributed by atoms with van der Waals surface area (Å²) in [7, 11) is 1.95. The molecular weight excluding hydrogens is 419 g/mol. The zero-order chi connectivity index (χ0) is 22.9. The van der Waals surface area contributed by atoms with Crippen molar-refractivity contribution < 1.29 is 9.18 Å². The number of aryl methyl sites for hydroxylation is 2. The molecule has 1 aliphatic carbocycles. The molecule has 8 heteroatoms. The number of aromatic nitrogens is 5. The van der Waals surface area contributed by atoms with E-state index in [0.29, 0.717) is 22.7 Å². The predicted molar refractivity (Wildman–Crippen MR) is 123 cm³/mol. The van der Waals surface area contributed by atoms with Gasteiger partial charge in [-0.05, 0) is 61.2 Å². The predicted octanol–water partition coefficient (Wildman–Crippen LogP) is 4.46. The molecule has 1 amide bonds. The van der Waals surface area contributed by atoms with Gasteiger partial charge in [-0.3, -0.25) is 4.79 Å². The minimum atomic E-state index is -0.376. The second-order valence-electron chi connectivity index (χ2n) is 8.65. The van der Waals surface area contributed by atoms with Crippen molar-refractivity contribution in [1.82, 2.24) is 30.0 Å². The monoisotopic (exact) mass is 444 g/mol. The number of halogens is 1. The van der Waals surface area contributed by atoms with Crippen LogP contribution in [0.15, 0.2) is 42.7 Å². The van der Waals surface area contributed by atoms with Gasteiger partial charge in [-0.2, -0.15) is 10.2 Å². The lowest BCUT2D eigenvalue weighted by atomic mass is 10.0. The summed E-state index contributed by atoms with van der Waals surface area (Å²) in [4.78, 5) is 22.2. The third-order valence-corrected chi connectivity index (χ3v) is 6.27. The van der Waals surface area contributed by atoms with Crippen LogP contribution in [-0.2, 0) is 13.6 Å². The molecule has 1 saturated carbocycles. The van der Waals surface area contributed by atoms with E-state index in [0.717, 1.165) is 41.0 Å². The molecule has 3 aromatic heterocycles. The summed E-state index contributed by atoms with van der Waals surface area (Å²) in [5.41, 5.74) is 4.69.